The van der Waals surface area contributed by atoms with Crippen LogP contribution in [0.15, 0.2) is 30.3 Å². The van der Waals surface area contributed by atoms with Gasteiger partial charge in [-0.05, 0) is 25.8 Å². The van der Waals surface area contributed by atoms with E-state index in [1.165, 1.54) is 5.56 Å². The van der Waals surface area contributed by atoms with Crippen LogP contribution in [0.1, 0.15) is 31.9 Å². The maximum atomic E-state index is 6.01. The molecule has 1 aromatic rings. The SMILES string of the molecule is CC1(C)COC[C@@H]2C[C@@H](c3ccccc3)N1O2. The summed E-state index contributed by atoms with van der Waals surface area (Å²) in [5, 5.41) is 2.14. The molecule has 2 fully saturated rings. The summed E-state index contributed by atoms with van der Waals surface area (Å²) in [4.78, 5) is 6.01. The number of hydrogen-bond donors (Lipinski definition) is 0. The molecule has 2 heterocycles. The van der Waals surface area contributed by atoms with E-state index in [0.29, 0.717) is 12.6 Å². The van der Waals surface area contributed by atoms with E-state index in [1.54, 1.807) is 0 Å². The molecule has 0 N–H and O–H groups in total. The van der Waals surface area contributed by atoms with Gasteiger partial charge in [0.1, 0.15) is 6.10 Å². The van der Waals surface area contributed by atoms with E-state index >= 15 is 0 Å². The second-order valence-corrected chi connectivity index (χ2v) is 5.54. The molecule has 3 rings (SSSR count). The standard InChI is InChI=1S/C14H19NO2/c1-14(2)10-16-9-12-8-13(15(14)17-12)11-6-4-3-5-7-11/h3-7,12-13H,8-10H2,1-2H3/t12-,13-/m0/s1. The lowest BCUT2D eigenvalue weighted by atomic mass is 9.96. The van der Waals surface area contributed by atoms with Crippen molar-refractivity contribution in [1.82, 2.24) is 5.06 Å². The Bertz CT molecular complexity index is 390. The van der Waals surface area contributed by atoms with Crippen LogP contribution in [0.25, 0.3) is 0 Å². The zero-order chi connectivity index (χ0) is 11.9. The minimum Gasteiger partial charge on any atom is -0.377 e. The second-order valence-electron chi connectivity index (χ2n) is 5.54. The first-order valence-corrected chi connectivity index (χ1v) is 6.26. The van der Waals surface area contributed by atoms with Crippen molar-refractivity contribution in [2.45, 2.75) is 38.0 Å². The van der Waals surface area contributed by atoms with E-state index in [4.69, 9.17) is 9.57 Å². The average Bonchev–Trinajstić information content (AvgIpc) is 2.68. The Morgan fingerprint density at radius 3 is 2.76 bits per heavy atom. The molecule has 1 aromatic carbocycles. The third-order valence-corrected chi connectivity index (χ3v) is 3.57. The molecular formula is C14H19NO2. The van der Waals surface area contributed by atoms with Crippen LogP contribution in [0.2, 0.25) is 0 Å². The van der Waals surface area contributed by atoms with Gasteiger partial charge in [0, 0.05) is 0 Å². The molecule has 2 saturated heterocycles. The fourth-order valence-corrected chi connectivity index (χ4v) is 2.74. The topological polar surface area (TPSA) is 21.7 Å². The summed E-state index contributed by atoms with van der Waals surface area (Å²) >= 11 is 0. The average molecular weight is 233 g/mol. The molecule has 0 amide bonds. The van der Waals surface area contributed by atoms with Crippen LogP contribution >= 0.6 is 0 Å². The Balaban J connectivity index is 1.92. The Kier molecular flexibility index (Phi) is 2.69. The van der Waals surface area contributed by atoms with Crippen molar-refractivity contribution in [2.24, 2.45) is 0 Å². The third-order valence-electron chi connectivity index (χ3n) is 3.57. The van der Waals surface area contributed by atoms with Gasteiger partial charge >= 0.3 is 0 Å². The number of hydroxylamine groups is 2. The Hall–Kier alpha value is -0.900. The summed E-state index contributed by atoms with van der Waals surface area (Å²) in [5.74, 6) is 0. The highest BCUT2D eigenvalue weighted by atomic mass is 16.7. The Morgan fingerprint density at radius 2 is 2.00 bits per heavy atom. The monoisotopic (exact) mass is 233 g/mol. The lowest BCUT2D eigenvalue weighted by Gasteiger charge is -2.36. The number of ether oxygens (including phenoxy) is 1. The van der Waals surface area contributed by atoms with Gasteiger partial charge in [-0.25, -0.2) is 0 Å². The lowest BCUT2D eigenvalue weighted by Crippen LogP contribution is -2.45. The number of hydrogen-bond acceptors (Lipinski definition) is 3. The van der Waals surface area contributed by atoms with Crippen LogP contribution in [-0.2, 0) is 9.57 Å². The summed E-state index contributed by atoms with van der Waals surface area (Å²) in [6, 6.07) is 11.0. The predicted octanol–water partition coefficient (Wildman–Crippen LogP) is 2.54. The molecule has 2 aliphatic heterocycles. The van der Waals surface area contributed by atoms with Gasteiger partial charge < -0.3 is 4.74 Å². The lowest BCUT2D eigenvalue weighted by molar-refractivity contribution is -0.205. The highest BCUT2D eigenvalue weighted by Crippen LogP contribution is 2.41. The Labute approximate surface area is 102 Å². The summed E-state index contributed by atoms with van der Waals surface area (Å²) < 4.78 is 5.66. The molecular weight excluding hydrogens is 214 g/mol. The molecule has 2 bridgehead atoms. The van der Waals surface area contributed by atoms with Gasteiger partial charge in [-0.1, -0.05) is 30.3 Å². The van der Waals surface area contributed by atoms with Gasteiger partial charge in [0.25, 0.3) is 0 Å². The molecule has 3 heteroatoms. The highest BCUT2D eigenvalue weighted by molar-refractivity contribution is 5.20. The smallest absolute Gasteiger partial charge is 0.105 e. The third kappa shape index (κ3) is 1.99. The summed E-state index contributed by atoms with van der Waals surface area (Å²) in [6.07, 6.45) is 1.23. The van der Waals surface area contributed by atoms with E-state index in [-0.39, 0.29) is 11.6 Å². The van der Waals surface area contributed by atoms with E-state index in [1.807, 2.05) is 0 Å². The van der Waals surface area contributed by atoms with Gasteiger partial charge in [-0.3, -0.25) is 4.84 Å². The van der Waals surface area contributed by atoms with Crippen LogP contribution in [0.3, 0.4) is 0 Å². The second kappa shape index (κ2) is 4.09. The van der Waals surface area contributed by atoms with Crippen LogP contribution in [-0.4, -0.2) is 29.9 Å². The Morgan fingerprint density at radius 1 is 1.24 bits per heavy atom. The summed E-state index contributed by atoms with van der Waals surface area (Å²) in [5.41, 5.74) is 1.27. The van der Waals surface area contributed by atoms with E-state index in [2.05, 4.69) is 49.2 Å². The van der Waals surface area contributed by atoms with E-state index in [0.717, 1.165) is 13.0 Å². The fourth-order valence-electron chi connectivity index (χ4n) is 2.74. The number of fused-ring (bicyclic) bond motifs is 2. The molecule has 3 nitrogen and oxygen atoms in total. The molecule has 1 unspecified atom stereocenters. The molecule has 0 aliphatic carbocycles. The first-order chi connectivity index (χ1) is 8.17. The number of nitrogens with zero attached hydrogens (tertiary/aromatic N) is 1. The molecule has 17 heavy (non-hydrogen) atoms. The summed E-state index contributed by atoms with van der Waals surface area (Å²) in [6.45, 7) is 5.80. The first-order valence-electron chi connectivity index (χ1n) is 6.26. The van der Waals surface area contributed by atoms with Crippen molar-refractivity contribution in [3.8, 4) is 0 Å². The van der Waals surface area contributed by atoms with Gasteiger partial charge in [0.05, 0.1) is 24.8 Å². The first kappa shape index (κ1) is 11.2. The van der Waals surface area contributed by atoms with Crippen LogP contribution in [0, 0.1) is 0 Å². The van der Waals surface area contributed by atoms with Crippen molar-refractivity contribution >= 4 is 0 Å². The summed E-state index contributed by atoms with van der Waals surface area (Å²) in [7, 11) is 0. The van der Waals surface area contributed by atoms with Crippen LogP contribution in [0.4, 0.5) is 0 Å². The molecule has 0 radical (unpaired) electrons. The molecule has 0 saturated carbocycles. The molecule has 3 atom stereocenters. The number of benzene rings is 1. The molecule has 2 aliphatic rings. The molecule has 92 valence electrons. The number of rotatable bonds is 1. The quantitative estimate of drug-likeness (QED) is 0.744. The van der Waals surface area contributed by atoms with Crippen molar-refractivity contribution in [2.75, 3.05) is 13.2 Å². The van der Waals surface area contributed by atoms with Crippen molar-refractivity contribution in [1.29, 1.82) is 0 Å². The van der Waals surface area contributed by atoms with Gasteiger partial charge in [-0.15, -0.1) is 0 Å². The van der Waals surface area contributed by atoms with Crippen molar-refractivity contribution in [3.05, 3.63) is 35.9 Å². The van der Waals surface area contributed by atoms with Gasteiger partial charge in [0.15, 0.2) is 0 Å². The maximum Gasteiger partial charge on any atom is 0.105 e. The van der Waals surface area contributed by atoms with Crippen molar-refractivity contribution in [3.63, 3.8) is 0 Å². The van der Waals surface area contributed by atoms with E-state index in [9.17, 15) is 0 Å². The zero-order valence-corrected chi connectivity index (χ0v) is 10.4. The maximum absolute atomic E-state index is 6.01. The fraction of sp³-hybridized carbons (Fsp3) is 0.571. The van der Waals surface area contributed by atoms with Crippen molar-refractivity contribution < 1.29 is 9.57 Å². The van der Waals surface area contributed by atoms with Crippen LogP contribution in [0.5, 0.6) is 0 Å². The van der Waals surface area contributed by atoms with Gasteiger partial charge in [-0.2, -0.15) is 5.06 Å². The minimum atomic E-state index is -0.0637. The minimum absolute atomic E-state index is 0.0637. The highest BCUT2D eigenvalue weighted by Gasteiger charge is 2.45. The predicted molar refractivity (Wildman–Crippen MR) is 65.4 cm³/mol. The normalized spacial score (nSPS) is 35.5. The van der Waals surface area contributed by atoms with E-state index < -0.39 is 0 Å². The zero-order valence-electron chi connectivity index (χ0n) is 10.4. The largest absolute Gasteiger partial charge is 0.377 e. The molecule has 0 spiro atoms. The van der Waals surface area contributed by atoms with Crippen LogP contribution < -0.4 is 0 Å². The van der Waals surface area contributed by atoms with Gasteiger partial charge in [0.2, 0.25) is 0 Å². The molecule has 0 aromatic heterocycles.